The highest BCUT2D eigenvalue weighted by Crippen LogP contribution is 2.37. The molecule has 0 aromatic heterocycles. The van der Waals surface area contributed by atoms with Gasteiger partial charge in [-0.15, -0.1) is 0 Å². The molecule has 1 atom stereocenters. The van der Waals surface area contributed by atoms with E-state index in [1.807, 2.05) is 24.3 Å². The number of benzene rings is 1. The average molecular weight is 204 g/mol. The third kappa shape index (κ3) is 2.10. The Morgan fingerprint density at radius 1 is 1.27 bits per heavy atom. The van der Waals surface area contributed by atoms with E-state index >= 15 is 0 Å². The maximum absolute atomic E-state index is 10.6. The van der Waals surface area contributed by atoms with E-state index in [1.165, 1.54) is 25.7 Å². The quantitative estimate of drug-likeness (QED) is 0.768. The summed E-state index contributed by atoms with van der Waals surface area (Å²) >= 11 is 0. The van der Waals surface area contributed by atoms with Gasteiger partial charge in [0.1, 0.15) is 6.10 Å². The summed E-state index contributed by atoms with van der Waals surface area (Å²) < 4.78 is 0. The largest absolute Gasteiger partial charge is 0.381 e. The van der Waals surface area contributed by atoms with Crippen molar-refractivity contribution in [2.75, 3.05) is 0 Å². The van der Waals surface area contributed by atoms with Gasteiger partial charge in [0.25, 0.3) is 0 Å². The van der Waals surface area contributed by atoms with Gasteiger partial charge >= 0.3 is 0 Å². The van der Waals surface area contributed by atoms with Crippen molar-refractivity contribution in [1.82, 2.24) is 0 Å². The number of aldehydes is 1. The monoisotopic (exact) mass is 204 g/mol. The van der Waals surface area contributed by atoms with Crippen LogP contribution in [0.2, 0.25) is 0 Å². The Labute approximate surface area is 89.9 Å². The van der Waals surface area contributed by atoms with Gasteiger partial charge in [-0.3, -0.25) is 0 Å². The van der Waals surface area contributed by atoms with Crippen LogP contribution in [0.1, 0.15) is 48.8 Å². The van der Waals surface area contributed by atoms with Crippen molar-refractivity contribution in [1.29, 1.82) is 0 Å². The van der Waals surface area contributed by atoms with E-state index < -0.39 is 6.10 Å². The maximum atomic E-state index is 10.6. The van der Waals surface area contributed by atoms with Crippen molar-refractivity contribution in [3.63, 3.8) is 0 Å². The smallest absolute Gasteiger partial charge is 0.153 e. The summed E-state index contributed by atoms with van der Waals surface area (Å²) in [5.41, 5.74) is 1.95. The number of hydrogen-bond donors (Lipinski definition) is 1. The second-order valence-corrected chi connectivity index (χ2v) is 4.19. The van der Waals surface area contributed by atoms with Crippen molar-refractivity contribution < 1.29 is 9.90 Å². The SMILES string of the molecule is O=C[C@H](O)c1ccccc1C1CCCC1. The molecule has 1 aliphatic rings. The van der Waals surface area contributed by atoms with Crippen LogP contribution in [0, 0.1) is 0 Å². The highest BCUT2D eigenvalue weighted by atomic mass is 16.3. The van der Waals surface area contributed by atoms with Crippen molar-refractivity contribution >= 4 is 6.29 Å². The van der Waals surface area contributed by atoms with Gasteiger partial charge in [0.2, 0.25) is 0 Å². The Balaban J connectivity index is 2.32. The summed E-state index contributed by atoms with van der Waals surface area (Å²) in [6.07, 6.45) is 4.53. The van der Waals surface area contributed by atoms with Crippen LogP contribution >= 0.6 is 0 Å². The van der Waals surface area contributed by atoms with E-state index in [2.05, 4.69) is 0 Å². The van der Waals surface area contributed by atoms with Gasteiger partial charge in [0.15, 0.2) is 6.29 Å². The van der Waals surface area contributed by atoms with Crippen LogP contribution in [0.15, 0.2) is 24.3 Å². The standard InChI is InChI=1S/C13H16O2/c14-9-13(15)12-8-4-3-7-11(12)10-5-1-2-6-10/h3-4,7-10,13,15H,1-2,5-6H2/t13-/m0/s1. The second-order valence-electron chi connectivity index (χ2n) is 4.19. The Bertz CT molecular complexity index is 340. The summed E-state index contributed by atoms with van der Waals surface area (Å²) in [6.45, 7) is 0. The van der Waals surface area contributed by atoms with Crippen LogP contribution in [0.5, 0.6) is 0 Å². The van der Waals surface area contributed by atoms with Gasteiger partial charge in [-0.1, -0.05) is 37.1 Å². The van der Waals surface area contributed by atoms with Gasteiger partial charge in [0, 0.05) is 0 Å². The molecule has 2 rings (SSSR count). The molecule has 2 heteroatoms. The molecule has 0 radical (unpaired) electrons. The molecule has 1 aromatic rings. The molecule has 1 aromatic carbocycles. The number of aliphatic hydroxyl groups is 1. The molecule has 0 bridgehead atoms. The highest BCUT2D eigenvalue weighted by molar-refractivity contribution is 5.61. The molecule has 2 nitrogen and oxygen atoms in total. The van der Waals surface area contributed by atoms with Gasteiger partial charge in [-0.2, -0.15) is 0 Å². The topological polar surface area (TPSA) is 37.3 Å². The van der Waals surface area contributed by atoms with E-state index in [0.29, 0.717) is 12.2 Å². The predicted octanol–water partition coefficient (Wildman–Crippen LogP) is 2.58. The fourth-order valence-electron chi connectivity index (χ4n) is 2.46. The van der Waals surface area contributed by atoms with Gasteiger partial charge in [-0.25, -0.2) is 0 Å². The number of rotatable bonds is 3. The molecule has 0 unspecified atom stereocenters. The molecule has 80 valence electrons. The van der Waals surface area contributed by atoms with Crippen LogP contribution in [-0.2, 0) is 4.79 Å². The second kappa shape index (κ2) is 4.58. The van der Waals surface area contributed by atoms with E-state index in [0.717, 1.165) is 11.1 Å². The lowest BCUT2D eigenvalue weighted by molar-refractivity contribution is -0.115. The van der Waals surface area contributed by atoms with Crippen LogP contribution in [-0.4, -0.2) is 11.4 Å². The molecule has 0 aliphatic heterocycles. The minimum Gasteiger partial charge on any atom is -0.381 e. The van der Waals surface area contributed by atoms with Gasteiger partial charge in [0.05, 0.1) is 0 Å². The molecule has 1 N–H and O–H groups in total. The maximum Gasteiger partial charge on any atom is 0.153 e. The van der Waals surface area contributed by atoms with Crippen LogP contribution in [0.3, 0.4) is 0 Å². The third-order valence-corrected chi connectivity index (χ3v) is 3.24. The van der Waals surface area contributed by atoms with Crippen LogP contribution in [0.25, 0.3) is 0 Å². The lowest BCUT2D eigenvalue weighted by Crippen LogP contribution is -2.05. The first kappa shape index (κ1) is 10.4. The first-order valence-electron chi connectivity index (χ1n) is 5.55. The van der Waals surface area contributed by atoms with E-state index in [4.69, 9.17) is 0 Å². The molecule has 0 saturated heterocycles. The van der Waals surface area contributed by atoms with E-state index in [1.54, 1.807) is 0 Å². The van der Waals surface area contributed by atoms with Gasteiger partial charge in [-0.05, 0) is 29.9 Å². The van der Waals surface area contributed by atoms with E-state index in [-0.39, 0.29) is 0 Å². The summed E-state index contributed by atoms with van der Waals surface area (Å²) in [7, 11) is 0. The zero-order valence-electron chi connectivity index (χ0n) is 8.73. The third-order valence-electron chi connectivity index (χ3n) is 3.24. The average Bonchev–Trinajstić information content (AvgIpc) is 2.81. The lowest BCUT2D eigenvalue weighted by atomic mass is 9.91. The van der Waals surface area contributed by atoms with E-state index in [9.17, 15) is 9.90 Å². The molecule has 15 heavy (non-hydrogen) atoms. The Kier molecular flexibility index (Phi) is 3.17. The molecule has 1 fully saturated rings. The molecule has 0 heterocycles. The molecule has 0 amide bonds. The van der Waals surface area contributed by atoms with Gasteiger partial charge < -0.3 is 9.90 Å². The number of hydrogen-bond acceptors (Lipinski definition) is 2. The molecule has 1 aliphatic carbocycles. The molecule has 0 spiro atoms. The van der Waals surface area contributed by atoms with Crippen LogP contribution in [0.4, 0.5) is 0 Å². The van der Waals surface area contributed by atoms with Crippen molar-refractivity contribution in [3.8, 4) is 0 Å². The zero-order chi connectivity index (χ0) is 10.7. The van der Waals surface area contributed by atoms with Crippen molar-refractivity contribution in [2.45, 2.75) is 37.7 Å². The van der Waals surface area contributed by atoms with Crippen molar-refractivity contribution in [3.05, 3.63) is 35.4 Å². The molecular weight excluding hydrogens is 188 g/mol. The predicted molar refractivity (Wildman–Crippen MR) is 58.7 cm³/mol. The first-order valence-corrected chi connectivity index (χ1v) is 5.55. The summed E-state index contributed by atoms with van der Waals surface area (Å²) in [4.78, 5) is 10.6. The summed E-state index contributed by atoms with van der Waals surface area (Å²) in [5.74, 6) is 0.538. The van der Waals surface area contributed by atoms with Crippen LogP contribution < -0.4 is 0 Å². The normalized spacial score (nSPS) is 19.0. The Morgan fingerprint density at radius 2 is 1.93 bits per heavy atom. The fourth-order valence-corrected chi connectivity index (χ4v) is 2.46. The number of aliphatic hydroxyl groups excluding tert-OH is 1. The highest BCUT2D eigenvalue weighted by Gasteiger charge is 2.21. The zero-order valence-corrected chi connectivity index (χ0v) is 8.73. The fraction of sp³-hybridized carbons (Fsp3) is 0.462. The van der Waals surface area contributed by atoms with Crippen molar-refractivity contribution in [2.24, 2.45) is 0 Å². The molecular formula is C13H16O2. The summed E-state index contributed by atoms with van der Waals surface area (Å²) in [5, 5.41) is 9.60. The summed E-state index contributed by atoms with van der Waals surface area (Å²) in [6, 6.07) is 7.75. The first-order chi connectivity index (χ1) is 7.33. The molecule has 1 saturated carbocycles. The lowest BCUT2D eigenvalue weighted by Gasteiger charge is -2.16. The Hall–Kier alpha value is -1.15. The Morgan fingerprint density at radius 3 is 2.60 bits per heavy atom. The minimum absolute atomic E-state index is 0.538. The minimum atomic E-state index is -0.957. The number of carbonyl (C=O) groups excluding carboxylic acids is 1. The number of carbonyl (C=O) groups is 1.